The molecule has 0 aliphatic carbocycles. The molecular weight excluding hydrogens is 328 g/mol. The molecule has 24 heavy (non-hydrogen) atoms. The highest BCUT2D eigenvalue weighted by atomic mass is 35.5. The van der Waals surface area contributed by atoms with E-state index < -0.39 is 0 Å². The third kappa shape index (κ3) is 4.52. The van der Waals surface area contributed by atoms with Gasteiger partial charge in [-0.05, 0) is 61.9 Å². The highest BCUT2D eigenvalue weighted by molar-refractivity contribution is 6.32. The van der Waals surface area contributed by atoms with Crippen LogP contribution < -0.4 is 9.47 Å². The molecule has 1 N–H and O–H groups in total. The van der Waals surface area contributed by atoms with Gasteiger partial charge in [0.25, 0.3) is 0 Å². The molecule has 0 aliphatic heterocycles. The smallest absolute Gasteiger partial charge is 0.185 e. The predicted molar refractivity (Wildman–Crippen MR) is 95.2 cm³/mol. The van der Waals surface area contributed by atoms with Gasteiger partial charge in [0.1, 0.15) is 5.75 Å². The van der Waals surface area contributed by atoms with E-state index in [1.165, 1.54) is 13.2 Å². The van der Waals surface area contributed by atoms with Gasteiger partial charge in [0.05, 0.1) is 18.2 Å². The third-order valence-electron chi connectivity index (χ3n) is 3.21. The molecule has 2 aromatic carbocycles. The topological polar surface area (TPSA) is 55.8 Å². The van der Waals surface area contributed by atoms with Crippen molar-refractivity contribution in [3.63, 3.8) is 0 Å². The third-order valence-corrected chi connectivity index (χ3v) is 3.50. The molecule has 0 saturated heterocycles. The van der Waals surface area contributed by atoms with Gasteiger partial charge in [0.15, 0.2) is 17.3 Å². The Morgan fingerprint density at radius 1 is 1.21 bits per heavy atom. The standard InChI is InChI=1S/C19H19ClO4/c1-12(2)24-15-7-5-14(6-8-15)17(21)9-4-13-10-16(20)19(22)18(11-13)23-3/h4-12,22H,1-3H3/b9-4+. The lowest BCUT2D eigenvalue weighted by Crippen LogP contribution is -2.05. The van der Waals surface area contributed by atoms with Gasteiger partial charge >= 0.3 is 0 Å². The van der Waals surface area contributed by atoms with E-state index in [1.54, 1.807) is 42.5 Å². The number of aromatic hydroxyl groups is 1. The van der Waals surface area contributed by atoms with Gasteiger partial charge in [-0.3, -0.25) is 4.79 Å². The van der Waals surface area contributed by atoms with Crippen LogP contribution in [0.4, 0.5) is 0 Å². The van der Waals surface area contributed by atoms with Crippen LogP contribution in [0.15, 0.2) is 42.5 Å². The minimum Gasteiger partial charge on any atom is -0.503 e. The molecule has 0 heterocycles. The van der Waals surface area contributed by atoms with E-state index >= 15 is 0 Å². The Morgan fingerprint density at radius 2 is 1.88 bits per heavy atom. The first kappa shape index (κ1) is 17.9. The fourth-order valence-corrected chi connectivity index (χ4v) is 2.30. The van der Waals surface area contributed by atoms with Crippen LogP contribution in [0.2, 0.25) is 5.02 Å². The molecule has 0 spiro atoms. The number of allylic oxidation sites excluding steroid dienone is 1. The highest BCUT2D eigenvalue weighted by Crippen LogP contribution is 2.35. The van der Waals surface area contributed by atoms with Crippen molar-refractivity contribution >= 4 is 23.5 Å². The molecule has 0 aromatic heterocycles. The molecular formula is C19H19ClO4. The fraction of sp³-hybridized carbons (Fsp3) is 0.211. The SMILES string of the molecule is COc1cc(/C=C/C(=O)c2ccc(OC(C)C)cc2)cc(Cl)c1O. The maximum Gasteiger partial charge on any atom is 0.185 e. The van der Waals surface area contributed by atoms with Crippen LogP contribution in [0.3, 0.4) is 0 Å². The number of carbonyl (C=O) groups excluding carboxylic acids is 1. The van der Waals surface area contributed by atoms with Crippen LogP contribution in [0.5, 0.6) is 17.2 Å². The van der Waals surface area contributed by atoms with Crippen molar-refractivity contribution in [2.45, 2.75) is 20.0 Å². The van der Waals surface area contributed by atoms with E-state index in [4.69, 9.17) is 21.1 Å². The first-order chi connectivity index (χ1) is 11.4. The van der Waals surface area contributed by atoms with Crippen molar-refractivity contribution in [3.8, 4) is 17.2 Å². The Hall–Kier alpha value is -2.46. The number of ketones is 1. The molecule has 0 aliphatic rings. The Kier molecular flexibility index (Phi) is 5.88. The van der Waals surface area contributed by atoms with Gasteiger partial charge in [-0.1, -0.05) is 17.7 Å². The largest absolute Gasteiger partial charge is 0.503 e. The minimum absolute atomic E-state index is 0.0840. The average Bonchev–Trinajstić information content (AvgIpc) is 2.55. The second-order valence-corrected chi connectivity index (χ2v) is 5.85. The van der Waals surface area contributed by atoms with Crippen LogP contribution in [0.25, 0.3) is 6.08 Å². The zero-order chi connectivity index (χ0) is 17.7. The van der Waals surface area contributed by atoms with E-state index in [0.717, 1.165) is 5.75 Å². The van der Waals surface area contributed by atoms with Crippen LogP contribution in [0.1, 0.15) is 29.8 Å². The maximum atomic E-state index is 12.2. The Labute approximate surface area is 146 Å². The van der Waals surface area contributed by atoms with E-state index in [-0.39, 0.29) is 28.4 Å². The second kappa shape index (κ2) is 7.88. The monoisotopic (exact) mass is 346 g/mol. The number of hydrogen-bond donors (Lipinski definition) is 1. The molecule has 0 saturated carbocycles. The van der Waals surface area contributed by atoms with Crippen molar-refractivity contribution in [1.29, 1.82) is 0 Å². The number of rotatable bonds is 6. The second-order valence-electron chi connectivity index (χ2n) is 5.44. The van der Waals surface area contributed by atoms with Gasteiger partial charge in [-0.25, -0.2) is 0 Å². The summed E-state index contributed by atoms with van der Waals surface area (Å²) in [7, 11) is 1.44. The number of phenols is 1. The summed E-state index contributed by atoms with van der Waals surface area (Å²) in [4.78, 5) is 12.2. The van der Waals surface area contributed by atoms with E-state index in [0.29, 0.717) is 11.1 Å². The van der Waals surface area contributed by atoms with Gasteiger partial charge < -0.3 is 14.6 Å². The fourth-order valence-electron chi connectivity index (χ4n) is 2.08. The van der Waals surface area contributed by atoms with Gasteiger partial charge in [-0.2, -0.15) is 0 Å². The molecule has 2 aromatic rings. The lowest BCUT2D eigenvalue weighted by atomic mass is 10.1. The van der Waals surface area contributed by atoms with Crippen molar-refractivity contribution in [3.05, 3.63) is 58.6 Å². The summed E-state index contributed by atoms with van der Waals surface area (Å²) in [6, 6.07) is 10.1. The molecule has 0 unspecified atom stereocenters. The van der Waals surface area contributed by atoms with E-state index in [1.807, 2.05) is 13.8 Å². The normalized spacial score (nSPS) is 11.0. The molecule has 0 fully saturated rings. The summed E-state index contributed by atoms with van der Waals surface area (Å²) in [6.45, 7) is 3.89. The highest BCUT2D eigenvalue weighted by Gasteiger charge is 2.08. The van der Waals surface area contributed by atoms with E-state index in [9.17, 15) is 9.90 Å². The summed E-state index contributed by atoms with van der Waals surface area (Å²) in [6.07, 6.45) is 3.15. The molecule has 0 atom stereocenters. The summed E-state index contributed by atoms with van der Waals surface area (Å²) in [5.74, 6) is 0.711. The van der Waals surface area contributed by atoms with Gasteiger partial charge in [-0.15, -0.1) is 0 Å². The summed E-state index contributed by atoms with van der Waals surface area (Å²) < 4.78 is 10.6. The van der Waals surface area contributed by atoms with Crippen molar-refractivity contribution in [2.75, 3.05) is 7.11 Å². The number of halogens is 1. The molecule has 5 heteroatoms. The Morgan fingerprint density at radius 3 is 2.46 bits per heavy atom. The number of hydrogen-bond acceptors (Lipinski definition) is 4. The average molecular weight is 347 g/mol. The lowest BCUT2D eigenvalue weighted by Gasteiger charge is -2.09. The first-order valence-electron chi connectivity index (χ1n) is 7.46. The summed E-state index contributed by atoms with van der Waals surface area (Å²) in [5, 5.41) is 9.87. The molecule has 0 bridgehead atoms. The number of phenolic OH excluding ortho intramolecular Hbond substituents is 1. The van der Waals surface area contributed by atoms with Gasteiger partial charge in [0.2, 0.25) is 0 Å². The lowest BCUT2D eigenvalue weighted by molar-refractivity contribution is 0.104. The number of benzene rings is 2. The zero-order valence-corrected chi connectivity index (χ0v) is 14.5. The van der Waals surface area contributed by atoms with Crippen molar-refractivity contribution in [1.82, 2.24) is 0 Å². The molecule has 0 radical (unpaired) electrons. The first-order valence-corrected chi connectivity index (χ1v) is 7.84. The molecule has 4 nitrogen and oxygen atoms in total. The minimum atomic E-state index is -0.144. The quantitative estimate of drug-likeness (QED) is 0.606. The maximum absolute atomic E-state index is 12.2. The van der Waals surface area contributed by atoms with Gasteiger partial charge in [0, 0.05) is 5.56 Å². The van der Waals surface area contributed by atoms with Crippen LogP contribution in [0, 0.1) is 0 Å². The number of carbonyl (C=O) groups is 1. The zero-order valence-electron chi connectivity index (χ0n) is 13.7. The molecule has 0 amide bonds. The molecule has 126 valence electrons. The Bertz CT molecular complexity index is 749. The van der Waals surface area contributed by atoms with Crippen LogP contribution in [-0.4, -0.2) is 24.1 Å². The van der Waals surface area contributed by atoms with Crippen LogP contribution in [-0.2, 0) is 0 Å². The van der Waals surface area contributed by atoms with E-state index in [2.05, 4.69) is 0 Å². The van der Waals surface area contributed by atoms with Crippen LogP contribution >= 0.6 is 11.6 Å². The van der Waals surface area contributed by atoms with Crippen molar-refractivity contribution < 1.29 is 19.4 Å². The summed E-state index contributed by atoms with van der Waals surface area (Å²) in [5.41, 5.74) is 1.21. The van der Waals surface area contributed by atoms with Crippen molar-refractivity contribution in [2.24, 2.45) is 0 Å². The predicted octanol–water partition coefficient (Wildman–Crippen LogP) is 4.74. The number of ether oxygens (including phenoxy) is 2. The number of methoxy groups -OCH3 is 1. The summed E-state index contributed by atoms with van der Waals surface area (Å²) >= 11 is 5.93. The Balaban J connectivity index is 2.14. The molecule has 2 rings (SSSR count).